The molecule has 0 aliphatic heterocycles. The number of aromatic carboxylic acids is 1. The molecule has 1 aromatic heterocycles. The predicted octanol–water partition coefficient (Wildman–Crippen LogP) is -0.339. The van der Waals surface area contributed by atoms with Crippen molar-refractivity contribution in [2.75, 3.05) is 0 Å². The van der Waals surface area contributed by atoms with E-state index < -0.39 is 5.97 Å². The fourth-order valence-corrected chi connectivity index (χ4v) is 1.26. The van der Waals surface area contributed by atoms with Gasteiger partial charge in [-0.25, -0.2) is 0 Å². The molecule has 12 heavy (non-hydrogen) atoms. The molecule has 4 nitrogen and oxygen atoms in total. The van der Waals surface area contributed by atoms with Crippen LogP contribution in [0.15, 0.2) is 6.07 Å². The molecule has 1 saturated carbocycles. The lowest BCUT2D eigenvalue weighted by Crippen LogP contribution is -2.24. The Bertz CT molecular complexity index is 326. The first-order valence-corrected chi connectivity index (χ1v) is 3.94. The molecule has 1 heterocycles. The number of hydrogen-bond acceptors (Lipinski definition) is 3. The van der Waals surface area contributed by atoms with E-state index in [1.54, 1.807) is 13.1 Å². The van der Waals surface area contributed by atoms with Crippen molar-refractivity contribution in [1.82, 2.24) is 9.78 Å². The van der Waals surface area contributed by atoms with Crippen LogP contribution in [0.3, 0.4) is 0 Å². The summed E-state index contributed by atoms with van der Waals surface area (Å²) in [5, 5.41) is 14.6. The standard InChI is InChI=1S/C8H10N2O2/c1-10-7(8(11)12)4-6(9-10)5-2-3-5/h4-5H,2-3H2,1H3,(H,11,12)/p-1. The molecule has 0 bridgehead atoms. The van der Waals surface area contributed by atoms with Crippen molar-refractivity contribution in [3.05, 3.63) is 17.5 Å². The van der Waals surface area contributed by atoms with Gasteiger partial charge in [0.2, 0.25) is 0 Å². The van der Waals surface area contributed by atoms with Crippen LogP contribution in [0.2, 0.25) is 0 Å². The smallest absolute Gasteiger partial charge is 0.0896 e. The molecule has 1 aromatic rings. The van der Waals surface area contributed by atoms with Gasteiger partial charge < -0.3 is 9.90 Å². The molecule has 0 unspecified atom stereocenters. The van der Waals surface area contributed by atoms with Crippen molar-refractivity contribution in [1.29, 1.82) is 0 Å². The molecule has 64 valence electrons. The Morgan fingerprint density at radius 3 is 2.83 bits per heavy atom. The van der Waals surface area contributed by atoms with Crippen LogP contribution in [0, 0.1) is 0 Å². The number of aryl methyl sites for hydroxylation is 1. The summed E-state index contributed by atoms with van der Waals surface area (Å²) in [6, 6.07) is 1.60. The lowest BCUT2D eigenvalue weighted by Gasteiger charge is -1.99. The minimum absolute atomic E-state index is 0.164. The molecule has 0 saturated heterocycles. The summed E-state index contributed by atoms with van der Waals surface area (Å²) in [5.41, 5.74) is 1.05. The lowest BCUT2D eigenvalue weighted by atomic mass is 10.3. The molecule has 4 heteroatoms. The fraction of sp³-hybridized carbons (Fsp3) is 0.500. The van der Waals surface area contributed by atoms with Gasteiger partial charge in [-0.05, 0) is 18.9 Å². The number of nitrogens with zero attached hydrogens (tertiary/aromatic N) is 2. The van der Waals surface area contributed by atoms with Crippen LogP contribution >= 0.6 is 0 Å². The highest BCUT2D eigenvalue weighted by Crippen LogP contribution is 2.39. The maximum atomic E-state index is 10.5. The average molecular weight is 165 g/mol. The first-order chi connectivity index (χ1) is 5.68. The fourth-order valence-electron chi connectivity index (χ4n) is 1.26. The van der Waals surface area contributed by atoms with E-state index in [9.17, 15) is 9.90 Å². The van der Waals surface area contributed by atoms with Gasteiger partial charge in [0.15, 0.2) is 0 Å². The second kappa shape index (κ2) is 2.33. The summed E-state index contributed by atoms with van der Waals surface area (Å²) in [6.45, 7) is 0. The van der Waals surface area contributed by atoms with E-state index in [0.717, 1.165) is 18.5 Å². The summed E-state index contributed by atoms with van der Waals surface area (Å²) >= 11 is 0. The minimum Gasteiger partial charge on any atom is -0.543 e. The molecule has 0 spiro atoms. The molecular formula is C8H9N2O2-. The summed E-state index contributed by atoms with van der Waals surface area (Å²) < 4.78 is 1.36. The largest absolute Gasteiger partial charge is 0.543 e. The number of hydrogen-bond donors (Lipinski definition) is 0. The van der Waals surface area contributed by atoms with Gasteiger partial charge in [-0.2, -0.15) is 5.10 Å². The van der Waals surface area contributed by atoms with E-state index in [-0.39, 0.29) is 5.69 Å². The summed E-state index contributed by atoms with van der Waals surface area (Å²) in [7, 11) is 1.62. The van der Waals surface area contributed by atoms with Crippen LogP contribution in [-0.4, -0.2) is 15.7 Å². The molecule has 0 amide bonds. The topological polar surface area (TPSA) is 58.0 Å². The van der Waals surface area contributed by atoms with Crippen molar-refractivity contribution in [3.63, 3.8) is 0 Å². The highest BCUT2D eigenvalue weighted by atomic mass is 16.4. The Morgan fingerprint density at radius 1 is 1.75 bits per heavy atom. The molecule has 0 N–H and O–H groups in total. The SMILES string of the molecule is Cn1nc(C2CC2)cc1C(=O)[O-]. The molecule has 0 aromatic carbocycles. The Kier molecular flexibility index (Phi) is 1.43. The van der Waals surface area contributed by atoms with Crippen molar-refractivity contribution in [2.24, 2.45) is 7.05 Å². The van der Waals surface area contributed by atoms with Gasteiger partial charge in [0.1, 0.15) is 0 Å². The zero-order valence-corrected chi connectivity index (χ0v) is 6.78. The molecule has 0 atom stereocenters. The van der Waals surface area contributed by atoms with E-state index >= 15 is 0 Å². The highest BCUT2D eigenvalue weighted by molar-refractivity contribution is 5.83. The number of rotatable bonds is 2. The van der Waals surface area contributed by atoms with E-state index in [2.05, 4.69) is 5.10 Å². The average Bonchev–Trinajstić information content (AvgIpc) is 2.75. The van der Waals surface area contributed by atoms with Gasteiger partial charge in [0.25, 0.3) is 0 Å². The third-order valence-corrected chi connectivity index (χ3v) is 2.10. The van der Waals surface area contributed by atoms with Gasteiger partial charge in [-0.1, -0.05) is 0 Å². The van der Waals surface area contributed by atoms with E-state index in [0.29, 0.717) is 5.92 Å². The normalized spacial score (nSPS) is 16.4. The zero-order valence-electron chi connectivity index (χ0n) is 6.78. The second-order valence-electron chi connectivity index (χ2n) is 3.14. The summed E-state index contributed by atoms with van der Waals surface area (Å²) in [4.78, 5) is 10.5. The molecule has 2 rings (SSSR count). The molecule has 1 aliphatic rings. The maximum absolute atomic E-state index is 10.5. The van der Waals surface area contributed by atoms with Crippen LogP contribution in [0.1, 0.15) is 34.9 Å². The third kappa shape index (κ3) is 1.09. The van der Waals surface area contributed by atoms with Crippen molar-refractivity contribution >= 4 is 5.97 Å². The van der Waals surface area contributed by atoms with Gasteiger partial charge in [0, 0.05) is 13.0 Å². The van der Waals surface area contributed by atoms with Crippen LogP contribution in [0.5, 0.6) is 0 Å². The van der Waals surface area contributed by atoms with Crippen LogP contribution in [0.25, 0.3) is 0 Å². The van der Waals surface area contributed by atoms with Gasteiger partial charge in [-0.15, -0.1) is 0 Å². The zero-order chi connectivity index (χ0) is 8.72. The Labute approximate surface area is 69.8 Å². The lowest BCUT2D eigenvalue weighted by molar-refractivity contribution is -0.255. The van der Waals surface area contributed by atoms with Crippen molar-refractivity contribution < 1.29 is 9.90 Å². The summed E-state index contributed by atoms with van der Waals surface area (Å²) in [6.07, 6.45) is 2.26. The highest BCUT2D eigenvalue weighted by Gasteiger charge is 2.26. The molecule has 0 radical (unpaired) electrons. The number of carboxylic acid groups (broad SMARTS) is 1. The Morgan fingerprint density at radius 2 is 2.42 bits per heavy atom. The Balaban J connectivity index is 2.36. The third-order valence-electron chi connectivity index (χ3n) is 2.10. The summed E-state index contributed by atoms with van der Waals surface area (Å²) in [5.74, 6) is -0.666. The second-order valence-corrected chi connectivity index (χ2v) is 3.14. The molecule has 1 fully saturated rings. The van der Waals surface area contributed by atoms with Crippen LogP contribution in [-0.2, 0) is 7.05 Å². The first-order valence-electron chi connectivity index (χ1n) is 3.94. The minimum atomic E-state index is -1.16. The number of carbonyl (C=O) groups excluding carboxylic acids is 1. The van der Waals surface area contributed by atoms with E-state index in [1.807, 2.05) is 0 Å². The molecule has 1 aliphatic carbocycles. The number of carbonyl (C=O) groups is 1. The molecular weight excluding hydrogens is 156 g/mol. The number of aromatic nitrogens is 2. The van der Waals surface area contributed by atoms with Crippen LogP contribution < -0.4 is 5.11 Å². The van der Waals surface area contributed by atoms with E-state index in [4.69, 9.17) is 0 Å². The van der Waals surface area contributed by atoms with Crippen molar-refractivity contribution in [3.8, 4) is 0 Å². The van der Waals surface area contributed by atoms with Gasteiger partial charge in [0.05, 0.1) is 17.4 Å². The van der Waals surface area contributed by atoms with Crippen LogP contribution in [0.4, 0.5) is 0 Å². The van der Waals surface area contributed by atoms with Crippen molar-refractivity contribution in [2.45, 2.75) is 18.8 Å². The maximum Gasteiger partial charge on any atom is 0.0896 e. The quantitative estimate of drug-likeness (QED) is 0.602. The van der Waals surface area contributed by atoms with Gasteiger partial charge in [-0.3, -0.25) is 4.68 Å². The predicted molar refractivity (Wildman–Crippen MR) is 39.5 cm³/mol. The van der Waals surface area contributed by atoms with Gasteiger partial charge >= 0.3 is 0 Å². The van der Waals surface area contributed by atoms with E-state index in [1.165, 1.54) is 4.68 Å². The Hall–Kier alpha value is -1.32. The first kappa shape index (κ1) is 7.34. The number of carboxylic acids is 1. The monoisotopic (exact) mass is 165 g/mol.